The Morgan fingerprint density at radius 3 is 2.29 bits per heavy atom. The van der Waals surface area contributed by atoms with E-state index in [1.807, 2.05) is 27.7 Å². The quantitative estimate of drug-likeness (QED) is 0.444. The maximum atomic E-state index is 11.1. The van der Waals surface area contributed by atoms with E-state index in [0.29, 0.717) is 0 Å². The smallest absolute Gasteiger partial charge is 0.178 e. The van der Waals surface area contributed by atoms with Gasteiger partial charge in [0.2, 0.25) is 0 Å². The second-order valence-corrected chi connectivity index (χ2v) is 6.07. The van der Waals surface area contributed by atoms with Crippen molar-refractivity contribution >= 4 is 28.4 Å². The van der Waals surface area contributed by atoms with Gasteiger partial charge in [0.15, 0.2) is 12.1 Å². The number of allylic oxidation sites excluding steroid dienone is 2. The van der Waals surface area contributed by atoms with Crippen LogP contribution in [0.15, 0.2) is 24.3 Å². The Labute approximate surface area is 116 Å². The van der Waals surface area contributed by atoms with E-state index in [1.165, 1.54) is 12.2 Å². The van der Waals surface area contributed by atoms with E-state index in [0.717, 1.165) is 4.43 Å². The van der Waals surface area contributed by atoms with Gasteiger partial charge in [0, 0.05) is 0 Å². The summed E-state index contributed by atoms with van der Waals surface area (Å²) in [5, 5.41) is 0. The first-order chi connectivity index (χ1) is 7.74. The Hall–Kier alpha value is -0.200. The lowest BCUT2D eigenvalue weighted by Crippen LogP contribution is -2.38. The summed E-state index contributed by atoms with van der Waals surface area (Å²) >= 11 is 2.23. The average Bonchev–Trinajstić information content (AvgIpc) is 2.20. The molecular formula is C13H19IO3. The van der Waals surface area contributed by atoms with Gasteiger partial charge in [0.05, 0.1) is 10.0 Å². The number of carbonyl (C=O) groups is 1. The van der Waals surface area contributed by atoms with Crippen molar-refractivity contribution in [2.75, 3.05) is 4.43 Å². The second kappa shape index (κ2) is 5.63. The summed E-state index contributed by atoms with van der Waals surface area (Å²) in [6.07, 6.45) is 6.30. The highest BCUT2D eigenvalue weighted by atomic mass is 127. The number of ether oxygens (including phenoxy) is 2. The zero-order chi connectivity index (χ0) is 13.1. The fraction of sp³-hybridized carbons (Fsp3) is 0.615. The Morgan fingerprint density at radius 1 is 1.35 bits per heavy atom. The van der Waals surface area contributed by atoms with Crippen LogP contribution in [0.2, 0.25) is 0 Å². The lowest BCUT2D eigenvalue weighted by atomic mass is 10.00. The summed E-state index contributed by atoms with van der Waals surface area (Å²) < 4.78 is 12.4. The third kappa shape index (κ3) is 5.31. The Morgan fingerprint density at radius 2 is 1.88 bits per heavy atom. The number of rotatable bonds is 4. The Kier molecular flexibility index (Phi) is 4.92. The average molecular weight is 350 g/mol. The highest BCUT2D eigenvalue weighted by molar-refractivity contribution is 14.1. The van der Waals surface area contributed by atoms with Crippen LogP contribution in [0.3, 0.4) is 0 Å². The maximum Gasteiger partial charge on any atom is 0.178 e. The van der Waals surface area contributed by atoms with Gasteiger partial charge in [-0.3, -0.25) is 4.79 Å². The molecule has 0 N–H and O–H groups in total. The largest absolute Gasteiger partial charge is 0.346 e. The molecule has 1 atom stereocenters. The maximum absolute atomic E-state index is 11.1. The SMILES string of the molecule is CC(C)(C)OC(CI)OC1(C)C=CC(=O)C=C1. The molecule has 0 radical (unpaired) electrons. The molecule has 0 saturated carbocycles. The standard InChI is InChI=1S/C13H19IO3/c1-12(2,3)16-11(9-14)17-13(4)7-5-10(15)6-8-13/h5-8,11H,9H2,1-4H3. The summed E-state index contributed by atoms with van der Waals surface area (Å²) in [4.78, 5) is 11.1. The first kappa shape index (κ1) is 14.9. The van der Waals surface area contributed by atoms with Crippen molar-refractivity contribution in [3.05, 3.63) is 24.3 Å². The third-order valence-electron chi connectivity index (χ3n) is 2.15. The van der Waals surface area contributed by atoms with Crippen LogP contribution in [0.4, 0.5) is 0 Å². The van der Waals surface area contributed by atoms with Crippen molar-refractivity contribution in [2.24, 2.45) is 0 Å². The van der Waals surface area contributed by atoms with Gasteiger partial charge >= 0.3 is 0 Å². The van der Waals surface area contributed by atoms with Crippen LogP contribution in [0, 0.1) is 0 Å². The van der Waals surface area contributed by atoms with E-state index in [2.05, 4.69) is 22.6 Å². The predicted octanol–water partition coefficient (Wildman–Crippen LogP) is 3.03. The molecular weight excluding hydrogens is 331 g/mol. The molecule has 1 unspecified atom stereocenters. The molecule has 0 bridgehead atoms. The lowest BCUT2D eigenvalue weighted by molar-refractivity contribution is -0.207. The minimum Gasteiger partial charge on any atom is -0.346 e. The highest BCUT2D eigenvalue weighted by Crippen LogP contribution is 2.24. The number of hydrogen-bond donors (Lipinski definition) is 0. The molecule has 0 fully saturated rings. The van der Waals surface area contributed by atoms with Crippen LogP contribution in [0.25, 0.3) is 0 Å². The fourth-order valence-corrected chi connectivity index (χ4v) is 1.81. The van der Waals surface area contributed by atoms with E-state index in [4.69, 9.17) is 9.47 Å². The van der Waals surface area contributed by atoms with Crippen molar-refractivity contribution in [2.45, 2.75) is 45.2 Å². The van der Waals surface area contributed by atoms with Crippen molar-refractivity contribution in [1.82, 2.24) is 0 Å². The lowest BCUT2D eigenvalue weighted by Gasteiger charge is -2.33. The van der Waals surface area contributed by atoms with Crippen LogP contribution < -0.4 is 0 Å². The predicted molar refractivity (Wildman–Crippen MR) is 76.3 cm³/mol. The highest BCUT2D eigenvalue weighted by Gasteiger charge is 2.28. The monoisotopic (exact) mass is 350 g/mol. The zero-order valence-electron chi connectivity index (χ0n) is 10.7. The van der Waals surface area contributed by atoms with E-state index >= 15 is 0 Å². The molecule has 0 aromatic rings. The summed E-state index contributed by atoms with van der Waals surface area (Å²) in [5.74, 6) is -0.00571. The number of alkyl halides is 1. The molecule has 0 saturated heterocycles. The molecule has 1 rings (SSSR count). The summed E-state index contributed by atoms with van der Waals surface area (Å²) in [6.45, 7) is 7.90. The molecule has 4 heteroatoms. The fourth-order valence-electron chi connectivity index (χ4n) is 1.45. The number of ketones is 1. The Bertz CT molecular complexity index is 323. The van der Waals surface area contributed by atoms with Gasteiger partial charge in [-0.2, -0.15) is 0 Å². The third-order valence-corrected chi connectivity index (χ3v) is 2.87. The van der Waals surface area contributed by atoms with Crippen molar-refractivity contribution in [3.63, 3.8) is 0 Å². The summed E-state index contributed by atoms with van der Waals surface area (Å²) in [7, 11) is 0. The number of carbonyl (C=O) groups excluding carboxylic acids is 1. The second-order valence-electron chi connectivity index (χ2n) is 5.18. The topological polar surface area (TPSA) is 35.5 Å². The molecule has 1 aliphatic carbocycles. The van der Waals surface area contributed by atoms with Crippen LogP contribution in [-0.4, -0.2) is 27.7 Å². The molecule has 0 spiro atoms. The minimum absolute atomic E-state index is 0.00571. The van der Waals surface area contributed by atoms with Gasteiger partial charge in [-0.05, 0) is 52.0 Å². The van der Waals surface area contributed by atoms with Crippen molar-refractivity contribution in [3.8, 4) is 0 Å². The van der Waals surface area contributed by atoms with Crippen LogP contribution in [0.1, 0.15) is 27.7 Å². The molecule has 0 aliphatic heterocycles. The molecule has 17 heavy (non-hydrogen) atoms. The molecule has 96 valence electrons. The van der Waals surface area contributed by atoms with Gasteiger partial charge < -0.3 is 9.47 Å². The van der Waals surface area contributed by atoms with Crippen LogP contribution >= 0.6 is 22.6 Å². The van der Waals surface area contributed by atoms with E-state index in [1.54, 1.807) is 12.2 Å². The first-order valence-electron chi connectivity index (χ1n) is 5.58. The summed E-state index contributed by atoms with van der Waals surface area (Å²) in [5.41, 5.74) is -0.806. The van der Waals surface area contributed by atoms with Crippen molar-refractivity contribution < 1.29 is 14.3 Å². The first-order valence-corrected chi connectivity index (χ1v) is 7.11. The molecule has 0 aromatic carbocycles. The molecule has 0 heterocycles. The van der Waals surface area contributed by atoms with Gasteiger partial charge in [0.1, 0.15) is 5.60 Å². The molecule has 0 amide bonds. The van der Waals surface area contributed by atoms with Gasteiger partial charge in [0.25, 0.3) is 0 Å². The van der Waals surface area contributed by atoms with Crippen molar-refractivity contribution in [1.29, 1.82) is 0 Å². The van der Waals surface area contributed by atoms with E-state index in [-0.39, 0.29) is 17.7 Å². The van der Waals surface area contributed by atoms with Gasteiger partial charge in [-0.25, -0.2) is 0 Å². The van der Waals surface area contributed by atoms with E-state index in [9.17, 15) is 4.79 Å². The normalized spacial score (nSPS) is 20.6. The molecule has 3 nitrogen and oxygen atoms in total. The van der Waals surface area contributed by atoms with Crippen LogP contribution in [-0.2, 0) is 14.3 Å². The number of halogens is 1. The number of hydrogen-bond acceptors (Lipinski definition) is 3. The van der Waals surface area contributed by atoms with Crippen LogP contribution in [0.5, 0.6) is 0 Å². The summed E-state index contributed by atoms with van der Waals surface area (Å²) in [6, 6.07) is 0. The van der Waals surface area contributed by atoms with Gasteiger partial charge in [-0.1, -0.05) is 22.6 Å². The van der Waals surface area contributed by atoms with E-state index < -0.39 is 5.60 Å². The minimum atomic E-state index is -0.561. The molecule has 1 aliphatic rings. The van der Waals surface area contributed by atoms with Gasteiger partial charge in [-0.15, -0.1) is 0 Å². The molecule has 0 aromatic heterocycles. The Balaban J connectivity index is 2.65. The zero-order valence-corrected chi connectivity index (χ0v) is 12.9.